The SMILES string of the molecule is COc1cc([C@H](C)NS(=O)(=O)C(C)(C)C)ccc1Br. The van der Waals surface area contributed by atoms with E-state index in [0.29, 0.717) is 5.75 Å². The maximum Gasteiger partial charge on any atom is 0.217 e. The lowest BCUT2D eigenvalue weighted by atomic mass is 10.1. The summed E-state index contributed by atoms with van der Waals surface area (Å²) in [7, 11) is -1.80. The number of rotatable bonds is 4. The third-order valence-corrected chi connectivity index (χ3v) is 5.74. The predicted molar refractivity (Wildman–Crippen MR) is 80.9 cm³/mol. The third-order valence-electron chi connectivity index (χ3n) is 2.81. The van der Waals surface area contributed by atoms with Crippen molar-refractivity contribution in [2.24, 2.45) is 0 Å². The van der Waals surface area contributed by atoms with Crippen LogP contribution in [0.4, 0.5) is 0 Å². The van der Waals surface area contributed by atoms with Gasteiger partial charge >= 0.3 is 0 Å². The molecule has 1 rings (SSSR count). The van der Waals surface area contributed by atoms with Crippen molar-refractivity contribution in [3.63, 3.8) is 0 Å². The summed E-state index contributed by atoms with van der Waals surface area (Å²) in [5.74, 6) is 0.680. The largest absolute Gasteiger partial charge is 0.496 e. The third kappa shape index (κ3) is 3.94. The van der Waals surface area contributed by atoms with Crippen LogP contribution in [0, 0.1) is 0 Å². The van der Waals surface area contributed by atoms with Crippen LogP contribution in [-0.2, 0) is 10.0 Å². The molecular formula is C13H20BrNO3S. The van der Waals surface area contributed by atoms with Crippen LogP contribution in [0.25, 0.3) is 0 Å². The Kier molecular flexibility index (Phi) is 5.03. The van der Waals surface area contributed by atoms with Gasteiger partial charge in [-0.1, -0.05) is 6.07 Å². The van der Waals surface area contributed by atoms with Gasteiger partial charge in [0.15, 0.2) is 0 Å². The van der Waals surface area contributed by atoms with E-state index in [1.807, 2.05) is 25.1 Å². The Morgan fingerprint density at radius 2 is 1.89 bits per heavy atom. The molecule has 6 heteroatoms. The van der Waals surface area contributed by atoms with Crippen LogP contribution in [0.5, 0.6) is 5.75 Å². The molecule has 0 spiro atoms. The molecule has 0 bridgehead atoms. The molecule has 0 heterocycles. The lowest BCUT2D eigenvalue weighted by Gasteiger charge is -2.23. The second-order valence-corrected chi connectivity index (χ2v) is 8.67. The van der Waals surface area contributed by atoms with Gasteiger partial charge < -0.3 is 4.74 Å². The number of methoxy groups -OCH3 is 1. The first kappa shape index (κ1) is 16.5. The molecule has 0 aliphatic carbocycles. The molecule has 0 saturated carbocycles. The monoisotopic (exact) mass is 349 g/mol. The average Bonchev–Trinajstić information content (AvgIpc) is 2.27. The molecule has 1 atom stereocenters. The molecule has 0 amide bonds. The summed E-state index contributed by atoms with van der Waals surface area (Å²) in [4.78, 5) is 0. The van der Waals surface area contributed by atoms with Crippen LogP contribution in [0.2, 0.25) is 0 Å². The van der Waals surface area contributed by atoms with Crippen molar-refractivity contribution >= 4 is 26.0 Å². The second-order valence-electron chi connectivity index (χ2n) is 5.35. The lowest BCUT2D eigenvalue weighted by Crippen LogP contribution is -2.40. The van der Waals surface area contributed by atoms with E-state index in [0.717, 1.165) is 10.0 Å². The summed E-state index contributed by atoms with van der Waals surface area (Å²) in [6.07, 6.45) is 0. The van der Waals surface area contributed by atoms with Crippen molar-refractivity contribution in [3.8, 4) is 5.75 Å². The first-order chi connectivity index (χ1) is 8.58. The van der Waals surface area contributed by atoms with E-state index in [1.165, 1.54) is 0 Å². The zero-order valence-corrected chi connectivity index (χ0v) is 14.2. The number of nitrogens with one attached hydrogen (secondary N) is 1. The fourth-order valence-corrected chi connectivity index (χ4v) is 2.79. The minimum absolute atomic E-state index is 0.314. The molecule has 0 aliphatic rings. The number of sulfonamides is 1. The minimum Gasteiger partial charge on any atom is -0.496 e. The molecule has 1 aromatic carbocycles. The van der Waals surface area contributed by atoms with Gasteiger partial charge in [-0.25, -0.2) is 13.1 Å². The van der Waals surface area contributed by atoms with E-state index >= 15 is 0 Å². The Bertz CT molecular complexity index is 549. The fourth-order valence-electron chi connectivity index (χ4n) is 1.42. The van der Waals surface area contributed by atoms with E-state index < -0.39 is 14.8 Å². The van der Waals surface area contributed by atoms with Gasteiger partial charge in [0.25, 0.3) is 0 Å². The second kappa shape index (κ2) is 5.81. The summed E-state index contributed by atoms with van der Waals surface area (Å²) < 4.78 is 32.1. The smallest absolute Gasteiger partial charge is 0.217 e. The zero-order chi connectivity index (χ0) is 14.8. The Hall–Kier alpha value is -0.590. The molecule has 4 nitrogen and oxygen atoms in total. The molecule has 0 aromatic heterocycles. The summed E-state index contributed by atoms with van der Waals surface area (Å²) in [6, 6.07) is 5.21. The number of benzene rings is 1. The Morgan fingerprint density at radius 1 is 1.32 bits per heavy atom. The number of halogens is 1. The highest BCUT2D eigenvalue weighted by atomic mass is 79.9. The van der Waals surface area contributed by atoms with Gasteiger partial charge in [0, 0.05) is 6.04 Å². The Labute approximate surface area is 123 Å². The first-order valence-electron chi connectivity index (χ1n) is 5.94. The van der Waals surface area contributed by atoms with Gasteiger partial charge in [0.1, 0.15) is 5.75 Å². The van der Waals surface area contributed by atoms with Crippen LogP contribution in [-0.4, -0.2) is 20.3 Å². The van der Waals surface area contributed by atoms with Crippen molar-refractivity contribution in [3.05, 3.63) is 28.2 Å². The molecular weight excluding hydrogens is 330 g/mol. The van der Waals surface area contributed by atoms with Crippen molar-refractivity contribution in [2.75, 3.05) is 7.11 Å². The quantitative estimate of drug-likeness (QED) is 0.907. The molecule has 19 heavy (non-hydrogen) atoms. The van der Waals surface area contributed by atoms with Crippen molar-refractivity contribution < 1.29 is 13.2 Å². The van der Waals surface area contributed by atoms with Crippen molar-refractivity contribution in [1.29, 1.82) is 0 Å². The van der Waals surface area contributed by atoms with E-state index in [9.17, 15) is 8.42 Å². The van der Waals surface area contributed by atoms with E-state index in [2.05, 4.69) is 20.7 Å². The highest BCUT2D eigenvalue weighted by molar-refractivity contribution is 9.10. The molecule has 0 saturated heterocycles. The number of hydrogen-bond donors (Lipinski definition) is 1. The maximum absolute atomic E-state index is 12.1. The molecule has 0 radical (unpaired) electrons. The highest BCUT2D eigenvalue weighted by Gasteiger charge is 2.30. The molecule has 0 aliphatic heterocycles. The van der Waals surface area contributed by atoms with Crippen molar-refractivity contribution in [2.45, 2.75) is 38.5 Å². The Morgan fingerprint density at radius 3 is 2.37 bits per heavy atom. The minimum atomic E-state index is -3.38. The van der Waals surface area contributed by atoms with Crippen LogP contribution in [0.3, 0.4) is 0 Å². The number of hydrogen-bond acceptors (Lipinski definition) is 3. The Balaban J connectivity index is 3.00. The highest BCUT2D eigenvalue weighted by Crippen LogP contribution is 2.29. The van der Waals surface area contributed by atoms with Gasteiger partial charge in [-0.2, -0.15) is 0 Å². The maximum atomic E-state index is 12.1. The topological polar surface area (TPSA) is 55.4 Å². The predicted octanol–water partition coefficient (Wildman–Crippen LogP) is 3.24. The van der Waals surface area contributed by atoms with E-state index in [4.69, 9.17) is 4.74 Å². The van der Waals surface area contributed by atoms with Gasteiger partial charge in [-0.05, 0) is 61.3 Å². The van der Waals surface area contributed by atoms with Crippen LogP contribution in [0.15, 0.2) is 22.7 Å². The molecule has 1 N–H and O–H groups in total. The summed E-state index contributed by atoms with van der Waals surface area (Å²) in [5, 5.41) is 0. The zero-order valence-electron chi connectivity index (χ0n) is 11.8. The van der Waals surface area contributed by atoms with Gasteiger partial charge in [-0.15, -0.1) is 0 Å². The van der Waals surface area contributed by atoms with E-state index in [1.54, 1.807) is 27.9 Å². The number of ether oxygens (including phenoxy) is 1. The summed E-state index contributed by atoms with van der Waals surface area (Å²) >= 11 is 3.37. The fraction of sp³-hybridized carbons (Fsp3) is 0.538. The van der Waals surface area contributed by atoms with Gasteiger partial charge in [-0.3, -0.25) is 0 Å². The van der Waals surface area contributed by atoms with Crippen molar-refractivity contribution in [1.82, 2.24) is 4.72 Å². The van der Waals surface area contributed by atoms with Crippen LogP contribution in [0.1, 0.15) is 39.3 Å². The van der Waals surface area contributed by atoms with Crippen LogP contribution >= 0.6 is 15.9 Å². The van der Waals surface area contributed by atoms with Gasteiger partial charge in [0.2, 0.25) is 10.0 Å². The normalized spacial score (nSPS) is 14.2. The first-order valence-corrected chi connectivity index (χ1v) is 8.21. The van der Waals surface area contributed by atoms with Gasteiger partial charge in [0.05, 0.1) is 16.3 Å². The molecule has 0 fully saturated rings. The molecule has 0 unspecified atom stereocenters. The standard InChI is InChI=1S/C13H20BrNO3S/c1-9(15-19(16,17)13(2,3)4)10-6-7-11(14)12(8-10)18-5/h6-9,15H,1-5H3/t9-/m0/s1. The molecule has 108 valence electrons. The molecule has 1 aromatic rings. The van der Waals surface area contributed by atoms with Crippen LogP contribution < -0.4 is 9.46 Å². The average molecular weight is 350 g/mol. The summed E-state index contributed by atoms with van der Waals surface area (Å²) in [5.41, 5.74) is 0.855. The van der Waals surface area contributed by atoms with E-state index in [-0.39, 0.29) is 6.04 Å². The lowest BCUT2D eigenvalue weighted by molar-refractivity contribution is 0.411. The summed E-state index contributed by atoms with van der Waals surface area (Å²) in [6.45, 7) is 6.82.